The molecule has 5 heteroatoms. The Labute approximate surface area is 215 Å². The van der Waals surface area contributed by atoms with Gasteiger partial charge in [0.1, 0.15) is 0 Å². The van der Waals surface area contributed by atoms with E-state index in [2.05, 4.69) is 27.7 Å². The number of ether oxygens (including phenoxy) is 1. The quantitative estimate of drug-likeness (QED) is 0.281. The third-order valence-electron chi connectivity index (χ3n) is 12.0. The van der Waals surface area contributed by atoms with Crippen LogP contribution in [0.5, 0.6) is 0 Å². The average molecular weight is 495 g/mol. The summed E-state index contributed by atoms with van der Waals surface area (Å²) in [6, 6.07) is 0. The van der Waals surface area contributed by atoms with Crippen molar-refractivity contribution >= 4 is 23.8 Å². The molecule has 0 amide bonds. The minimum Gasteiger partial charge on any atom is -0.469 e. The highest BCUT2D eigenvalue weighted by molar-refractivity contribution is 6.15. The first-order chi connectivity index (χ1) is 16.7. The largest absolute Gasteiger partial charge is 0.469 e. The lowest BCUT2D eigenvalue weighted by atomic mass is 9.36. The van der Waals surface area contributed by atoms with E-state index in [4.69, 9.17) is 4.74 Å². The van der Waals surface area contributed by atoms with Crippen molar-refractivity contribution in [1.82, 2.24) is 0 Å². The first-order valence-corrected chi connectivity index (χ1v) is 13.7. The molecule has 0 aromatic carbocycles. The van der Waals surface area contributed by atoms with Crippen LogP contribution in [0.25, 0.3) is 0 Å². The molecule has 3 fully saturated rings. The van der Waals surface area contributed by atoms with Crippen LogP contribution >= 0.6 is 0 Å². The number of hydrogen-bond donors (Lipinski definition) is 0. The molecule has 5 nitrogen and oxygen atoms in total. The Bertz CT molecular complexity index is 1110. The molecule has 0 aromatic heterocycles. The Kier molecular flexibility index (Phi) is 5.50. The molecule has 5 aliphatic carbocycles. The van der Waals surface area contributed by atoms with Crippen LogP contribution in [-0.2, 0) is 23.9 Å². The van der Waals surface area contributed by atoms with Crippen molar-refractivity contribution in [2.24, 2.45) is 50.7 Å². The van der Waals surface area contributed by atoms with Crippen molar-refractivity contribution < 1.29 is 23.9 Å². The third kappa shape index (κ3) is 3.07. The molecule has 3 saturated carbocycles. The highest BCUT2D eigenvalue weighted by atomic mass is 16.5. The van der Waals surface area contributed by atoms with Crippen molar-refractivity contribution in [1.29, 1.82) is 0 Å². The number of allylic oxidation sites excluding steroid dienone is 4. The molecule has 0 spiro atoms. The van der Waals surface area contributed by atoms with Gasteiger partial charge < -0.3 is 4.74 Å². The van der Waals surface area contributed by atoms with E-state index in [0.29, 0.717) is 6.29 Å². The Morgan fingerprint density at radius 2 is 1.64 bits per heavy atom. The van der Waals surface area contributed by atoms with Crippen LogP contribution in [0.4, 0.5) is 0 Å². The number of methoxy groups -OCH3 is 1. The molecule has 0 saturated heterocycles. The van der Waals surface area contributed by atoms with Gasteiger partial charge in [0.05, 0.1) is 18.1 Å². The van der Waals surface area contributed by atoms with Crippen LogP contribution in [0.1, 0.15) is 86.5 Å². The smallest absolute Gasteiger partial charge is 0.312 e. The van der Waals surface area contributed by atoms with E-state index in [1.54, 1.807) is 0 Å². The Morgan fingerprint density at radius 1 is 0.972 bits per heavy atom. The molecule has 0 aliphatic heterocycles. The molecule has 3 unspecified atom stereocenters. The third-order valence-corrected chi connectivity index (χ3v) is 12.0. The van der Waals surface area contributed by atoms with Gasteiger partial charge in [-0.25, -0.2) is 0 Å². The van der Waals surface area contributed by atoms with E-state index in [1.165, 1.54) is 7.11 Å². The molecule has 0 aromatic rings. The summed E-state index contributed by atoms with van der Waals surface area (Å²) in [7, 11) is 1.48. The summed E-state index contributed by atoms with van der Waals surface area (Å²) in [4.78, 5) is 52.4. The first kappa shape index (κ1) is 25.6. The number of fused-ring (bicyclic) bond motifs is 7. The number of rotatable bonds is 2. The molecule has 0 heterocycles. The van der Waals surface area contributed by atoms with Crippen LogP contribution in [-0.4, -0.2) is 30.9 Å². The van der Waals surface area contributed by atoms with Gasteiger partial charge in [0, 0.05) is 17.3 Å². The molecule has 5 rings (SSSR count). The zero-order chi connectivity index (χ0) is 26.5. The van der Waals surface area contributed by atoms with Gasteiger partial charge in [-0.05, 0) is 79.1 Å². The van der Waals surface area contributed by atoms with Crippen LogP contribution < -0.4 is 0 Å². The van der Waals surface area contributed by atoms with Gasteiger partial charge in [0.25, 0.3) is 0 Å². The maximum atomic E-state index is 14.2. The average Bonchev–Trinajstić information content (AvgIpc) is 2.81. The molecular formula is C31H42O5. The topological polar surface area (TPSA) is 77.5 Å². The Hall–Kier alpha value is -2.04. The van der Waals surface area contributed by atoms with Crippen molar-refractivity contribution in [2.45, 2.75) is 86.5 Å². The number of carbonyl (C=O) groups excluding carboxylic acids is 4. The SMILES string of the molecule is COC(=O)[C@]12CCC(C)(C)CC1C1C(=O)C=C3C4C=C(C=O)C(=O)C(C)(C)[C@@H]4CC[C@@]3(C)[C@]1(C)CC2. The molecule has 5 aliphatic rings. The van der Waals surface area contributed by atoms with Gasteiger partial charge in [0.2, 0.25) is 0 Å². The fraction of sp³-hybridized carbons (Fsp3) is 0.742. The highest BCUT2D eigenvalue weighted by Crippen LogP contribution is 2.72. The second-order valence-electron chi connectivity index (χ2n) is 14.3. The summed E-state index contributed by atoms with van der Waals surface area (Å²) >= 11 is 0. The fourth-order valence-corrected chi connectivity index (χ4v) is 9.54. The predicted octanol–water partition coefficient (Wildman–Crippen LogP) is 5.66. The number of carbonyl (C=O) groups is 4. The molecule has 0 radical (unpaired) electrons. The molecule has 196 valence electrons. The van der Waals surface area contributed by atoms with Crippen LogP contribution in [0.15, 0.2) is 23.3 Å². The summed E-state index contributed by atoms with van der Waals surface area (Å²) < 4.78 is 5.39. The molecule has 7 atom stereocenters. The lowest BCUT2D eigenvalue weighted by Gasteiger charge is -2.67. The standard InChI is InChI=1S/C31H42O5/c1-27(2)10-12-31(26(35)36-7)13-11-30(6)24(22(31)16-27)23(33)15-21-19-14-18(17-32)25(34)28(3,4)20(19)8-9-29(21,30)5/h14-15,17,19-20,22,24H,8-13,16H2,1-7H3/t19?,20-,22?,24?,29-,30-,31+/m1/s1. The minimum atomic E-state index is -0.640. The predicted molar refractivity (Wildman–Crippen MR) is 137 cm³/mol. The van der Waals surface area contributed by atoms with Gasteiger partial charge in [-0.15, -0.1) is 0 Å². The Balaban J connectivity index is 1.66. The fourth-order valence-electron chi connectivity index (χ4n) is 9.54. The summed E-state index contributed by atoms with van der Waals surface area (Å²) in [6.07, 6.45) is 10.3. The van der Waals surface area contributed by atoms with Crippen LogP contribution in [0, 0.1) is 50.7 Å². The van der Waals surface area contributed by atoms with Gasteiger partial charge in [0.15, 0.2) is 17.9 Å². The monoisotopic (exact) mass is 494 g/mol. The van der Waals surface area contributed by atoms with Crippen molar-refractivity contribution in [3.05, 3.63) is 23.3 Å². The van der Waals surface area contributed by atoms with Crippen LogP contribution in [0.3, 0.4) is 0 Å². The summed E-state index contributed by atoms with van der Waals surface area (Å²) in [6.45, 7) is 13.0. The number of hydrogen-bond acceptors (Lipinski definition) is 5. The van der Waals surface area contributed by atoms with E-state index in [9.17, 15) is 19.2 Å². The van der Waals surface area contributed by atoms with Crippen LogP contribution in [0.2, 0.25) is 0 Å². The van der Waals surface area contributed by atoms with E-state index in [1.807, 2.05) is 26.0 Å². The first-order valence-electron chi connectivity index (χ1n) is 13.7. The molecular weight excluding hydrogens is 452 g/mol. The zero-order valence-electron chi connectivity index (χ0n) is 23.0. The second kappa shape index (κ2) is 7.74. The van der Waals surface area contributed by atoms with Crippen molar-refractivity contribution in [3.8, 4) is 0 Å². The summed E-state index contributed by atoms with van der Waals surface area (Å²) in [5.74, 6) is -0.398. The molecule has 0 N–H and O–H groups in total. The molecule has 36 heavy (non-hydrogen) atoms. The number of Topliss-reactive ketones (excluding diaryl/α,β-unsaturated/α-hetero) is 1. The van der Waals surface area contributed by atoms with Gasteiger partial charge in [-0.1, -0.05) is 53.2 Å². The number of ketones is 2. The van der Waals surface area contributed by atoms with Crippen molar-refractivity contribution in [2.75, 3.05) is 7.11 Å². The van der Waals surface area contributed by atoms with E-state index in [-0.39, 0.29) is 63.0 Å². The maximum absolute atomic E-state index is 14.2. The lowest BCUT2D eigenvalue weighted by Crippen LogP contribution is -2.64. The summed E-state index contributed by atoms with van der Waals surface area (Å²) in [5.41, 5.74) is -0.353. The Morgan fingerprint density at radius 3 is 2.28 bits per heavy atom. The highest BCUT2D eigenvalue weighted by Gasteiger charge is 2.69. The number of esters is 1. The van der Waals surface area contributed by atoms with Gasteiger partial charge in [-0.3, -0.25) is 19.2 Å². The number of aldehydes is 1. The van der Waals surface area contributed by atoms with Gasteiger partial charge in [-0.2, -0.15) is 0 Å². The maximum Gasteiger partial charge on any atom is 0.312 e. The molecule has 0 bridgehead atoms. The van der Waals surface area contributed by atoms with E-state index < -0.39 is 10.8 Å². The zero-order valence-corrected chi connectivity index (χ0v) is 23.0. The van der Waals surface area contributed by atoms with E-state index in [0.717, 1.165) is 50.5 Å². The second-order valence-corrected chi connectivity index (χ2v) is 14.3. The minimum absolute atomic E-state index is 0.0437. The summed E-state index contributed by atoms with van der Waals surface area (Å²) in [5, 5.41) is 0. The van der Waals surface area contributed by atoms with E-state index >= 15 is 0 Å². The lowest BCUT2D eigenvalue weighted by molar-refractivity contribution is -0.189. The normalized spacial score (nSPS) is 44.6. The van der Waals surface area contributed by atoms with Crippen molar-refractivity contribution in [3.63, 3.8) is 0 Å². The van der Waals surface area contributed by atoms with Gasteiger partial charge >= 0.3 is 5.97 Å².